The van der Waals surface area contributed by atoms with Crippen LogP contribution in [0, 0.1) is 4.77 Å². The molecule has 134 valence electrons. The zero-order chi connectivity index (χ0) is 18.5. The lowest BCUT2D eigenvalue weighted by Gasteiger charge is -2.05. The predicted molar refractivity (Wildman–Crippen MR) is 101 cm³/mol. The quantitative estimate of drug-likeness (QED) is 0.514. The Bertz CT molecular complexity index is 977. The van der Waals surface area contributed by atoms with Gasteiger partial charge in [0.15, 0.2) is 17.3 Å². The minimum absolute atomic E-state index is 0.0190. The Kier molecular flexibility index (Phi) is 5.33. The third kappa shape index (κ3) is 3.75. The second-order valence-electron chi connectivity index (χ2n) is 5.42. The van der Waals surface area contributed by atoms with Gasteiger partial charge in [-0.25, -0.2) is 0 Å². The first kappa shape index (κ1) is 17.7. The number of rotatable bonds is 6. The van der Waals surface area contributed by atoms with Gasteiger partial charge in [0.1, 0.15) is 5.75 Å². The average molecular weight is 370 g/mol. The van der Waals surface area contributed by atoms with E-state index in [1.807, 2.05) is 24.3 Å². The Morgan fingerprint density at radius 2 is 1.96 bits per heavy atom. The van der Waals surface area contributed by atoms with Gasteiger partial charge in [-0.3, -0.25) is 5.10 Å². The first-order valence-electron chi connectivity index (χ1n) is 7.82. The summed E-state index contributed by atoms with van der Waals surface area (Å²) in [5.74, 6) is 1.84. The van der Waals surface area contributed by atoms with Gasteiger partial charge in [-0.15, -0.1) is 0 Å². The number of aromatic hydroxyl groups is 1. The molecule has 0 radical (unpaired) electrons. The number of methoxy groups -OCH3 is 2. The van der Waals surface area contributed by atoms with Crippen molar-refractivity contribution in [1.29, 1.82) is 0 Å². The summed E-state index contributed by atoms with van der Waals surface area (Å²) in [7, 11) is 3.12. The maximum Gasteiger partial charge on any atom is 0.216 e. The molecule has 0 bridgehead atoms. The van der Waals surface area contributed by atoms with Crippen LogP contribution in [-0.4, -0.2) is 40.4 Å². The number of benzene rings is 2. The van der Waals surface area contributed by atoms with Gasteiger partial charge in [-0.05, 0) is 42.0 Å². The Balaban J connectivity index is 1.87. The Morgan fingerprint density at radius 1 is 1.19 bits per heavy atom. The highest BCUT2D eigenvalue weighted by atomic mass is 32.1. The largest absolute Gasteiger partial charge is 0.504 e. The van der Waals surface area contributed by atoms with Crippen molar-refractivity contribution < 1.29 is 14.6 Å². The summed E-state index contributed by atoms with van der Waals surface area (Å²) >= 11 is 5.25. The van der Waals surface area contributed by atoms with Crippen molar-refractivity contribution in [2.75, 3.05) is 14.2 Å². The number of nitrogens with one attached hydrogen (secondary N) is 1. The zero-order valence-electron chi connectivity index (χ0n) is 14.3. The number of hydrogen-bond acceptors (Lipinski definition) is 6. The fourth-order valence-corrected chi connectivity index (χ4v) is 2.61. The lowest BCUT2D eigenvalue weighted by Crippen LogP contribution is -2.01. The predicted octanol–water partition coefficient (Wildman–Crippen LogP) is 3.14. The van der Waals surface area contributed by atoms with Gasteiger partial charge < -0.3 is 14.6 Å². The van der Waals surface area contributed by atoms with E-state index in [0.29, 0.717) is 28.3 Å². The summed E-state index contributed by atoms with van der Waals surface area (Å²) in [6, 6.07) is 12.9. The van der Waals surface area contributed by atoms with Gasteiger partial charge in [0.2, 0.25) is 4.77 Å². The first-order chi connectivity index (χ1) is 12.6. The lowest BCUT2D eigenvalue weighted by atomic mass is 10.1. The maximum absolute atomic E-state index is 10.2. The molecule has 1 aromatic heterocycles. The van der Waals surface area contributed by atoms with E-state index in [1.54, 1.807) is 25.3 Å². The van der Waals surface area contributed by atoms with E-state index in [9.17, 15) is 5.11 Å². The highest BCUT2D eigenvalue weighted by Crippen LogP contribution is 2.28. The van der Waals surface area contributed by atoms with Crippen LogP contribution in [0.1, 0.15) is 17.0 Å². The number of hydrogen-bond donors (Lipinski definition) is 2. The molecular weight excluding hydrogens is 352 g/mol. The summed E-state index contributed by atoms with van der Waals surface area (Å²) in [6.45, 7) is 0. The summed E-state index contributed by atoms with van der Waals surface area (Å²) in [5.41, 5.74) is 1.56. The minimum Gasteiger partial charge on any atom is -0.504 e. The van der Waals surface area contributed by atoms with Crippen molar-refractivity contribution in [2.45, 2.75) is 6.42 Å². The van der Waals surface area contributed by atoms with Crippen LogP contribution in [0.3, 0.4) is 0 Å². The first-order valence-corrected chi connectivity index (χ1v) is 8.22. The normalized spacial score (nSPS) is 11.0. The van der Waals surface area contributed by atoms with Gasteiger partial charge in [0.25, 0.3) is 0 Å². The third-order valence-corrected chi connectivity index (χ3v) is 4.07. The average Bonchev–Trinajstić information content (AvgIpc) is 3.01. The fraction of sp³-hybridized carbons (Fsp3) is 0.167. The van der Waals surface area contributed by atoms with Crippen LogP contribution in [-0.2, 0) is 6.42 Å². The van der Waals surface area contributed by atoms with E-state index >= 15 is 0 Å². The van der Waals surface area contributed by atoms with Crippen LogP contribution in [0.15, 0.2) is 47.6 Å². The van der Waals surface area contributed by atoms with E-state index in [4.69, 9.17) is 21.7 Å². The van der Waals surface area contributed by atoms with Crippen molar-refractivity contribution in [1.82, 2.24) is 14.9 Å². The monoisotopic (exact) mass is 370 g/mol. The van der Waals surface area contributed by atoms with E-state index in [2.05, 4.69) is 15.3 Å². The number of aromatic nitrogens is 3. The maximum atomic E-state index is 10.2. The molecule has 3 rings (SSSR count). The summed E-state index contributed by atoms with van der Waals surface area (Å²) in [6.07, 6.45) is 2.05. The van der Waals surface area contributed by atoms with Crippen LogP contribution in [0.25, 0.3) is 0 Å². The van der Waals surface area contributed by atoms with Gasteiger partial charge in [0.05, 0.1) is 20.4 Å². The fourth-order valence-electron chi connectivity index (χ4n) is 2.41. The molecule has 0 fully saturated rings. The molecule has 0 atom stereocenters. The summed E-state index contributed by atoms with van der Waals surface area (Å²) < 4.78 is 12.2. The van der Waals surface area contributed by atoms with Crippen molar-refractivity contribution >= 4 is 18.4 Å². The second kappa shape index (κ2) is 7.83. The lowest BCUT2D eigenvalue weighted by molar-refractivity contribution is 0.373. The standard InChI is InChI=1S/C18H18N4O3S/c1-24-14-8-6-12(7-9-14)10-16-20-21-18(26)22(16)19-11-13-4-3-5-15(25-2)17(13)23/h3-9,11,23H,10H2,1-2H3,(H,21,26)/b19-11+. The molecule has 0 unspecified atom stereocenters. The Morgan fingerprint density at radius 3 is 2.65 bits per heavy atom. The number of nitrogens with zero attached hydrogens (tertiary/aromatic N) is 3. The molecule has 7 nitrogen and oxygen atoms in total. The minimum atomic E-state index is 0.0190. The topological polar surface area (TPSA) is 84.7 Å². The van der Waals surface area contributed by atoms with Crippen LogP contribution in [0.4, 0.5) is 0 Å². The van der Waals surface area contributed by atoms with E-state index in [1.165, 1.54) is 18.0 Å². The number of aromatic amines is 1. The smallest absolute Gasteiger partial charge is 0.216 e. The van der Waals surface area contributed by atoms with E-state index in [0.717, 1.165) is 11.3 Å². The molecule has 1 heterocycles. The number of ether oxygens (including phenoxy) is 2. The van der Waals surface area contributed by atoms with Gasteiger partial charge >= 0.3 is 0 Å². The molecule has 0 aliphatic rings. The van der Waals surface area contributed by atoms with Crippen LogP contribution < -0.4 is 9.47 Å². The SMILES string of the molecule is COc1ccc(Cc2n[nH]c(=S)n2/N=C/c2cccc(OC)c2O)cc1. The van der Waals surface area contributed by atoms with Crippen LogP contribution in [0.5, 0.6) is 17.2 Å². The zero-order valence-corrected chi connectivity index (χ0v) is 15.2. The summed E-state index contributed by atoms with van der Waals surface area (Å²) in [5, 5.41) is 21.5. The molecule has 0 saturated carbocycles. The molecule has 2 aromatic carbocycles. The van der Waals surface area contributed by atoms with Gasteiger partial charge in [0, 0.05) is 12.0 Å². The molecule has 0 spiro atoms. The third-order valence-electron chi connectivity index (χ3n) is 3.80. The highest BCUT2D eigenvalue weighted by Gasteiger charge is 2.08. The van der Waals surface area contributed by atoms with E-state index < -0.39 is 0 Å². The number of phenolic OH excluding ortho intramolecular Hbond substituents is 1. The number of H-pyrrole nitrogens is 1. The number of phenols is 1. The van der Waals surface area contributed by atoms with Crippen LogP contribution in [0.2, 0.25) is 0 Å². The molecule has 0 aliphatic carbocycles. The Labute approximate surface area is 155 Å². The highest BCUT2D eigenvalue weighted by molar-refractivity contribution is 7.71. The van der Waals surface area contributed by atoms with Crippen molar-refractivity contribution in [3.05, 3.63) is 64.2 Å². The van der Waals surface area contributed by atoms with Crippen LogP contribution >= 0.6 is 12.2 Å². The molecular formula is C18H18N4O3S. The van der Waals surface area contributed by atoms with Gasteiger partial charge in [-0.1, -0.05) is 18.2 Å². The van der Waals surface area contributed by atoms with Crippen molar-refractivity contribution in [3.63, 3.8) is 0 Å². The van der Waals surface area contributed by atoms with Crippen molar-refractivity contribution in [2.24, 2.45) is 5.10 Å². The molecule has 0 amide bonds. The molecule has 0 aliphatic heterocycles. The molecule has 3 aromatic rings. The van der Waals surface area contributed by atoms with Gasteiger partial charge in [-0.2, -0.15) is 14.9 Å². The summed E-state index contributed by atoms with van der Waals surface area (Å²) in [4.78, 5) is 0. The van der Waals surface area contributed by atoms with Crippen molar-refractivity contribution in [3.8, 4) is 17.2 Å². The Hall–Kier alpha value is -3.13. The molecule has 2 N–H and O–H groups in total. The van der Waals surface area contributed by atoms with E-state index in [-0.39, 0.29) is 5.75 Å². The molecule has 0 saturated heterocycles. The molecule has 26 heavy (non-hydrogen) atoms. The second-order valence-corrected chi connectivity index (χ2v) is 5.81. The number of para-hydroxylation sites is 1. The molecule has 8 heteroatoms.